The molecular formula is C29H44ClN3O3. The Morgan fingerprint density at radius 3 is 2.39 bits per heavy atom. The van der Waals surface area contributed by atoms with E-state index >= 15 is 0 Å². The number of ether oxygens (including phenoxy) is 1. The zero-order chi connectivity index (χ0) is 27.1. The van der Waals surface area contributed by atoms with Crippen LogP contribution < -0.4 is 10.1 Å². The highest BCUT2D eigenvalue weighted by molar-refractivity contribution is 6.30. The van der Waals surface area contributed by atoms with Crippen LogP contribution in [-0.4, -0.2) is 55.2 Å². The van der Waals surface area contributed by atoms with Gasteiger partial charge < -0.3 is 14.8 Å². The summed E-state index contributed by atoms with van der Waals surface area (Å²) >= 11 is 6.22. The van der Waals surface area contributed by atoms with E-state index in [0.29, 0.717) is 23.1 Å². The maximum atomic E-state index is 12.2. The second kappa shape index (κ2) is 16.3. The average Bonchev–Trinajstić information content (AvgIpc) is 2.95. The van der Waals surface area contributed by atoms with E-state index in [1.807, 2.05) is 66.8 Å². The summed E-state index contributed by atoms with van der Waals surface area (Å²) in [6.07, 6.45) is 4.97. The third-order valence-electron chi connectivity index (χ3n) is 6.49. The molecule has 0 unspecified atom stereocenters. The van der Waals surface area contributed by atoms with Crippen LogP contribution in [0.2, 0.25) is 5.02 Å². The first-order chi connectivity index (χ1) is 17.4. The van der Waals surface area contributed by atoms with Crippen LogP contribution in [0.4, 0.5) is 5.69 Å². The van der Waals surface area contributed by atoms with Crippen molar-refractivity contribution in [1.29, 1.82) is 0 Å². The van der Waals surface area contributed by atoms with Gasteiger partial charge in [0.05, 0.1) is 11.6 Å². The van der Waals surface area contributed by atoms with Gasteiger partial charge in [0.1, 0.15) is 24.3 Å². The molecule has 3 rings (SSSR count). The Kier molecular flexibility index (Phi) is 14.3. The van der Waals surface area contributed by atoms with Crippen molar-refractivity contribution in [2.24, 2.45) is 5.92 Å². The van der Waals surface area contributed by atoms with Crippen molar-refractivity contribution in [2.75, 3.05) is 38.6 Å². The van der Waals surface area contributed by atoms with Crippen molar-refractivity contribution in [1.82, 2.24) is 9.88 Å². The number of pyridine rings is 1. The lowest BCUT2D eigenvalue weighted by Gasteiger charge is -2.39. The van der Waals surface area contributed by atoms with Gasteiger partial charge in [0.15, 0.2) is 5.78 Å². The first-order valence-electron chi connectivity index (χ1n) is 13.2. The Labute approximate surface area is 222 Å². The fraction of sp³-hybridized carbons (Fsp3) is 0.552. The predicted molar refractivity (Wildman–Crippen MR) is 151 cm³/mol. The number of aromatic nitrogens is 1. The lowest BCUT2D eigenvalue weighted by molar-refractivity contribution is -0.114. The normalized spacial score (nSPS) is 15.3. The zero-order valence-corrected chi connectivity index (χ0v) is 23.8. The molecule has 1 fully saturated rings. The van der Waals surface area contributed by atoms with E-state index in [2.05, 4.69) is 15.2 Å². The molecule has 0 aliphatic carbocycles. The Balaban J connectivity index is 0.00000154. The largest absolute Gasteiger partial charge is 0.491 e. The number of anilines is 1. The quantitative estimate of drug-likeness (QED) is 0.280. The van der Waals surface area contributed by atoms with Gasteiger partial charge in [0.2, 0.25) is 0 Å². The van der Waals surface area contributed by atoms with Crippen LogP contribution in [0.25, 0.3) is 0 Å². The van der Waals surface area contributed by atoms with Crippen molar-refractivity contribution in [3.63, 3.8) is 0 Å². The number of nitrogens with one attached hydrogen (secondary N) is 1. The van der Waals surface area contributed by atoms with E-state index in [1.165, 1.54) is 0 Å². The number of Topliss-reactive ketones (excluding diaryl/α,β-unsaturated/α-hetero) is 1. The summed E-state index contributed by atoms with van der Waals surface area (Å²) in [6.45, 7) is 14.8. The molecule has 1 saturated heterocycles. The average molecular weight is 518 g/mol. The Morgan fingerprint density at radius 2 is 1.86 bits per heavy atom. The van der Waals surface area contributed by atoms with Crippen LogP contribution in [0.5, 0.6) is 5.75 Å². The second-order valence-electron chi connectivity index (χ2n) is 8.46. The van der Waals surface area contributed by atoms with Crippen LogP contribution in [0.1, 0.15) is 76.9 Å². The third kappa shape index (κ3) is 8.31. The van der Waals surface area contributed by atoms with Gasteiger partial charge in [-0.1, -0.05) is 53.1 Å². The molecule has 200 valence electrons. The van der Waals surface area contributed by atoms with Crippen molar-refractivity contribution >= 4 is 29.4 Å². The number of rotatable bonds is 10. The molecule has 1 N–H and O–H groups in total. The first kappa shape index (κ1) is 31.6. The number of aldehydes is 1. The Morgan fingerprint density at radius 1 is 1.19 bits per heavy atom. The Bertz CT molecular complexity index is 926. The molecule has 0 radical (unpaired) electrons. The van der Waals surface area contributed by atoms with Crippen LogP contribution >= 0.6 is 11.6 Å². The number of carbonyl (C=O) groups is 2. The lowest BCUT2D eigenvalue weighted by atomic mass is 9.73. The molecule has 0 spiro atoms. The van der Waals surface area contributed by atoms with E-state index in [0.717, 1.165) is 56.4 Å². The third-order valence-corrected chi connectivity index (χ3v) is 6.72. The first-order valence-corrected chi connectivity index (χ1v) is 13.6. The molecule has 1 aromatic carbocycles. The van der Waals surface area contributed by atoms with Gasteiger partial charge in [0.25, 0.3) is 0 Å². The fourth-order valence-corrected chi connectivity index (χ4v) is 4.29. The summed E-state index contributed by atoms with van der Waals surface area (Å²) in [5, 5.41) is 3.83. The van der Waals surface area contributed by atoms with Crippen LogP contribution in [-0.2, 0) is 10.2 Å². The number of carbonyl (C=O) groups excluding carboxylic acids is 2. The molecule has 2 aromatic rings. The number of piperidine rings is 1. The Hall–Kier alpha value is -2.44. The molecule has 6 nitrogen and oxygen atoms in total. The number of hydrogen-bond donors (Lipinski definition) is 1. The van der Waals surface area contributed by atoms with Gasteiger partial charge >= 0.3 is 0 Å². The summed E-state index contributed by atoms with van der Waals surface area (Å²) in [6, 6.07) is 9.20. The van der Waals surface area contributed by atoms with Gasteiger partial charge in [-0.25, -0.2) is 4.98 Å². The standard InChI is InChI=1S/C25H32ClN3O3.2C2H6/c1-4-18(2)24(31)23-8-6-20(16-28-23)32-14-13-29-11-9-25(17-30,10-12-29)21-15-19(26)5-7-22(21)27-3;2*1-2/h5-8,15-18,27H,4,9-14H2,1-3H3;2*1-2H3/t18-;;/m1../s1. The summed E-state index contributed by atoms with van der Waals surface area (Å²) in [7, 11) is 1.86. The number of ketones is 1. The molecule has 36 heavy (non-hydrogen) atoms. The molecule has 1 aromatic heterocycles. The topological polar surface area (TPSA) is 71.5 Å². The molecule has 0 amide bonds. The summed E-state index contributed by atoms with van der Waals surface area (Å²) in [5.74, 6) is 0.692. The highest BCUT2D eigenvalue weighted by Crippen LogP contribution is 2.39. The molecule has 2 heterocycles. The van der Waals surface area contributed by atoms with Crippen molar-refractivity contribution in [2.45, 2.75) is 66.2 Å². The molecule has 7 heteroatoms. The van der Waals surface area contributed by atoms with Crippen LogP contribution in [0.3, 0.4) is 0 Å². The summed E-state index contributed by atoms with van der Waals surface area (Å²) < 4.78 is 5.83. The van der Waals surface area contributed by atoms with Crippen LogP contribution in [0, 0.1) is 5.92 Å². The molecule has 1 atom stereocenters. The second-order valence-corrected chi connectivity index (χ2v) is 8.89. The summed E-state index contributed by atoms with van der Waals surface area (Å²) in [5.41, 5.74) is 1.87. The monoisotopic (exact) mass is 517 g/mol. The zero-order valence-electron chi connectivity index (χ0n) is 23.1. The number of halogens is 1. The minimum atomic E-state index is -0.525. The van der Waals surface area contributed by atoms with Gasteiger partial charge in [-0.05, 0) is 68.2 Å². The highest BCUT2D eigenvalue weighted by atomic mass is 35.5. The summed E-state index contributed by atoms with van der Waals surface area (Å²) in [4.78, 5) is 30.9. The number of likely N-dealkylation sites (tertiary alicyclic amines) is 1. The van der Waals surface area contributed by atoms with Gasteiger partial charge in [-0.15, -0.1) is 0 Å². The van der Waals surface area contributed by atoms with Gasteiger partial charge in [-0.3, -0.25) is 9.69 Å². The highest BCUT2D eigenvalue weighted by Gasteiger charge is 2.37. The SMILES string of the molecule is CC.CC.CC[C@@H](C)C(=O)c1ccc(OCCN2CCC(C=O)(c3cc(Cl)ccc3NC)CC2)cn1. The maximum Gasteiger partial charge on any atom is 0.183 e. The van der Waals surface area contributed by atoms with E-state index in [1.54, 1.807) is 18.3 Å². The van der Waals surface area contributed by atoms with E-state index in [-0.39, 0.29) is 11.7 Å². The minimum Gasteiger partial charge on any atom is -0.491 e. The van der Waals surface area contributed by atoms with Crippen molar-refractivity contribution < 1.29 is 14.3 Å². The van der Waals surface area contributed by atoms with Crippen molar-refractivity contribution in [3.8, 4) is 5.75 Å². The van der Waals surface area contributed by atoms with Gasteiger partial charge in [-0.2, -0.15) is 0 Å². The molecular weight excluding hydrogens is 474 g/mol. The number of benzene rings is 1. The lowest BCUT2D eigenvalue weighted by Crippen LogP contribution is -2.45. The van der Waals surface area contributed by atoms with E-state index < -0.39 is 5.41 Å². The van der Waals surface area contributed by atoms with Gasteiger partial charge in [0, 0.05) is 30.2 Å². The molecule has 1 aliphatic heterocycles. The fourth-order valence-electron chi connectivity index (χ4n) is 4.11. The van der Waals surface area contributed by atoms with Crippen molar-refractivity contribution in [3.05, 3.63) is 52.8 Å². The van der Waals surface area contributed by atoms with E-state index in [4.69, 9.17) is 16.3 Å². The minimum absolute atomic E-state index is 0.0250. The molecule has 0 bridgehead atoms. The number of nitrogens with zero attached hydrogens (tertiary/aromatic N) is 2. The smallest absolute Gasteiger partial charge is 0.183 e. The van der Waals surface area contributed by atoms with Crippen LogP contribution in [0.15, 0.2) is 36.5 Å². The maximum absolute atomic E-state index is 12.2. The van der Waals surface area contributed by atoms with E-state index in [9.17, 15) is 9.59 Å². The predicted octanol–water partition coefficient (Wildman–Crippen LogP) is 6.67. The number of hydrogen-bond acceptors (Lipinski definition) is 6. The molecule has 1 aliphatic rings. The molecule has 0 saturated carbocycles.